The van der Waals surface area contributed by atoms with E-state index in [4.69, 9.17) is 21.5 Å². The fraction of sp³-hybridized carbons (Fsp3) is 0.333. The molecule has 0 spiro atoms. The van der Waals surface area contributed by atoms with Gasteiger partial charge >= 0.3 is 0 Å². The Morgan fingerprint density at radius 3 is 2.55 bits per heavy atom. The molecule has 7 nitrogen and oxygen atoms in total. The maximum Gasteiger partial charge on any atom is 0.239 e. The molecule has 0 atom stereocenters. The third-order valence-corrected chi connectivity index (χ3v) is 4.65. The van der Waals surface area contributed by atoms with Crippen LogP contribution in [0.25, 0.3) is 0 Å². The molecular weight excluding hydrogens is 394 g/mol. The summed E-state index contributed by atoms with van der Waals surface area (Å²) in [5, 5.41) is 12.2. The number of carbonyl (C=O) groups is 2. The molecule has 0 aliphatic rings. The van der Waals surface area contributed by atoms with Gasteiger partial charge in [-0.15, -0.1) is 0 Å². The van der Waals surface area contributed by atoms with Crippen LogP contribution in [0.1, 0.15) is 24.5 Å². The Labute approximate surface area is 175 Å². The molecule has 29 heavy (non-hydrogen) atoms. The Morgan fingerprint density at radius 1 is 1.21 bits per heavy atom. The van der Waals surface area contributed by atoms with Crippen molar-refractivity contribution in [2.75, 3.05) is 24.8 Å². The maximum atomic E-state index is 12.3. The molecule has 0 saturated carbocycles. The molecule has 2 aromatic carbocycles. The van der Waals surface area contributed by atoms with Crippen LogP contribution in [-0.4, -0.2) is 42.2 Å². The van der Waals surface area contributed by atoms with Gasteiger partial charge in [-0.05, 0) is 35.7 Å². The van der Waals surface area contributed by atoms with Crippen molar-refractivity contribution in [3.05, 3.63) is 64.7 Å². The zero-order valence-corrected chi connectivity index (χ0v) is 17.1. The van der Waals surface area contributed by atoms with Crippen LogP contribution in [0.4, 0.5) is 5.69 Å². The number of hydroxylamine groups is 1. The van der Waals surface area contributed by atoms with E-state index in [-0.39, 0.29) is 32.1 Å². The van der Waals surface area contributed by atoms with E-state index in [1.807, 2.05) is 30.3 Å². The SMILES string of the molecule is CCc1ccc(N(C=O)OCCN(NCc2ccccc2Cl)C(=O)CCO)cc1. The second-order valence-corrected chi connectivity index (χ2v) is 6.64. The Hall–Kier alpha value is -2.45. The summed E-state index contributed by atoms with van der Waals surface area (Å²) in [6.07, 6.45) is 1.46. The number of aryl methyl sites for hydroxylation is 1. The smallest absolute Gasteiger partial charge is 0.239 e. The molecule has 0 bridgehead atoms. The lowest BCUT2D eigenvalue weighted by atomic mass is 10.1. The fourth-order valence-electron chi connectivity index (χ4n) is 2.62. The van der Waals surface area contributed by atoms with Crippen molar-refractivity contribution < 1.29 is 19.5 Å². The highest BCUT2D eigenvalue weighted by atomic mass is 35.5. The molecule has 2 rings (SSSR count). The van der Waals surface area contributed by atoms with Gasteiger partial charge in [0.05, 0.1) is 31.9 Å². The van der Waals surface area contributed by atoms with Gasteiger partial charge in [0, 0.05) is 11.6 Å². The van der Waals surface area contributed by atoms with Crippen LogP contribution in [0.3, 0.4) is 0 Å². The summed E-state index contributed by atoms with van der Waals surface area (Å²) in [4.78, 5) is 29.2. The summed E-state index contributed by atoms with van der Waals surface area (Å²) in [6.45, 7) is 2.40. The van der Waals surface area contributed by atoms with Crippen LogP contribution >= 0.6 is 11.6 Å². The molecule has 2 aromatic rings. The molecule has 0 saturated heterocycles. The number of nitrogens with zero attached hydrogens (tertiary/aromatic N) is 2. The molecule has 0 aliphatic heterocycles. The number of carbonyl (C=O) groups excluding carboxylic acids is 2. The van der Waals surface area contributed by atoms with E-state index >= 15 is 0 Å². The molecular formula is C21H26ClN3O4. The summed E-state index contributed by atoms with van der Waals surface area (Å²) in [5.74, 6) is -0.284. The number of aliphatic hydroxyl groups excluding tert-OH is 1. The van der Waals surface area contributed by atoms with E-state index < -0.39 is 0 Å². The standard InChI is InChI=1S/C21H26ClN3O4/c1-2-17-7-9-19(10-8-17)25(16-27)29-14-12-24(21(28)11-13-26)23-15-18-5-3-4-6-20(18)22/h3-10,16,23,26H,2,11-15H2,1H3. The first-order valence-electron chi connectivity index (χ1n) is 9.43. The van der Waals surface area contributed by atoms with Crippen molar-refractivity contribution >= 4 is 29.6 Å². The zero-order valence-electron chi connectivity index (χ0n) is 16.4. The summed E-state index contributed by atoms with van der Waals surface area (Å²) >= 11 is 6.15. The second-order valence-electron chi connectivity index (χ2n) is 6.23. The van der Waals surface area contributed by atoms with Gasteiger partial charge in [0.2, 0.25) is 12.3 Å². The van der Waals surface area contributed by atoms with Crippen LogP contribution < -0.4 is 10.5 Å². The minimum Gasteiger partial charge on any atom is -0.396 e. The average Bonchev–Trinajstić information content (AvgIpc) is 2.74. The summed E-state index contributed by atoms with van der Waals surface area (Å²) in [5.41, 5.74) is 5.61. The first-order chi connectivity index (χ1) is 14.1. The summed E-state index contributed by atoms with van der Waals surface area (Å²) < 4.78 is 0. The summed E-state index contributed by atoms with van der Waals surface area (Å²) in [6, 6.07) is 14.8. The van der Waals surface area contributed by atoms with E-state index in [2.05, 4.69) is 12.3 Å². The minimum atomic E-state index is -0.284. The third kappa shape index (κ3) is 7.14. The number of hydrogen-bond acceptors (Lipinski definition) is 5. The normalized spacial score (nSPS) is 10.6. The topological polar surface area (TPSA) is 82.1 Å². The molecule has 0 aromatic heterocycles. The van der Waals surface area contributed by atoms with E-state index in [1.165, 1.54) is 5.01 Å². The molecule has 8 heteroatoms. The van der Waals surface area contributed by atoms with E-state index in [0.717, 1.165) is 22.6 Å². The molecule has 0 heterocycles. The number of rotatable bonds is 12. The van der Waals surface area contributed by atoms with Gasteiger partial charge in [-0.25, -0.2) is 5.43 Å². The van der Waals surface area contributed by atoms with Crippen LogP contribution in [0, 0.1) is 0 Å². The first kappa shape index (κ1) is 22.8. The largest absolute Gasteiger partial charge is 0.396 e. The number of anilines is 1. The monoisotopic (exact) mass is 419 g/mol. The highest BCUT2D eigenvalue weighted by Crippen LogP contribution is 2.16. The second kappa shape index (κ2) is 12.2. The molecule has 156 valence electrons. The van der Waals surface area contributed by atoms with Gasteiger partial charge in [0.15, 0.2) is 0 Å². The van der Waals surface area contributed by atoms with Crippen LogP contribution in [0.2, 0.25) is 5.02 Å². The van der Waals surface area contributed by atoms with Crippen LogP contribution in [0.15, 0.2) is 48.5 Å². The Morgan fingerprint density at radius 2 is 1.93 bits per heavy atom. The number of hydrazine groups is 1. The van der Waals surface area contributed by atoms with Crippen molar-refractivity contribution in [3.8, 4) is 0 Å². The Balaban J connectivity index is 1.94. The van der Waals surface area contributed by atoms with Gasteiger partial charge in [0.1, 0.15) is 0 Å². The lowest BCUT2D eigenvalue weighted by molar-refractivity contribution is -0.136. The molecule has 0 fully saturated rings. The third-order valence-electron chi connectivity index (χ3n) is 4.29. The Kier molecular flexibility index (Phi) is 9.59. The van der Waals surface area contributed by atoms with Crippen molar-refractivity contribution in [2.45, 2.75) is 26.3 Å². The van der Waals surface area contributed by atoms with Crippen LogP contribution in [0.5, 0.6) is 0 Å². The highest BCUT2D eigenvalue weighted by Gasteiger charge is 2.15. The van der Waals surface area contributed by atoms with Gasteiger partial charge < -0.3 is 5.11 Å². The van der Waals surface area contributed by atoms with Gasteiger partial charge in [-0.3, -0.25) is 19.4 Å². The highest BCUT2D eigenvalue weighted by molar-refractivity contribution is 6.31. The molecule has 2 N–H and O–H groups in total. The Bertz CT molecular complexity index is 786. The lowest BCUT2D eigenvalue weighted by Gasteiger charge is -2.25. The van der Waals surface area contributed by atoms with Crippen molar-refractivity contribution in [1.82, 2.24) is 10.4 Å². The zero-order chi connectivity index (χ0) is 21.1. The fourth-order valence-corrected chi connectivity index (χ4v) is 2.82. The number of amides is 2. The molecule has 0 unspecified atom stereocenters. The first-order valence-corrected chi connectivity index (χ1v) is 9.81. The molecule has 0 radical (unpaired) electrons. The van der Waals surface area contributed by atoms with E-state index in [9.17, 15) is 9.59 Å². The number of nitrogens with one attached hydrogen (secondary N) is 1. The van der Waals surface area contributed by atoms with E-state index in [1.54, 1.807) is 18.2 Å². The lowest BCUT2D eigenvalue weighted by Crippen LogP contribution is -2.45. The van der Waals surface area contributed by atoms with Gasteiger partial charge in [-0.1, -0.05) is 48.9 Å². The number of hydrogen-bond donors (Lipinski definition) is 2. The van der Waals surface area contributed by atoms with Gasteiger partial charge in [-0.2, -0.15) is 5.06 Å². The quantitative estimate of drug-likeness (QED) is 0.408. The summed E-state index contributed by atoms with van der Waals surface area (Å²) in [7, 11) is 0. The number of halogens is 1. The predicted molar refractivity (Wildman–Crippen MR) is 112 cm³/mol. The molecule has 0 aliphatic carbocycles. The van der Waals surface area contributed by atoms with Gasteiger partial charge in [0.25, 0.3) is 0 Å². The maximum absolute atomic E-state index is 12.3. The van der Waals surface area contributed by atoms with Crippen molar-refractivity contribution in [2.24, 2.45) is 0 Å². The minimum absolute atomic E-state index is 0.0224. The number of benzene rings is 2. The number of aliphatic hydroxyl groups is 1. The van der Waals surface area contributed by atoms with E-state index in [0.29, 0.717) is 23.7 Å². The molecule has 2 amide bonds. The van der Waals surface area contributed by atoms with Crippen molar-refractivity contribution in [3.63, 3.8) is 0 Å². The van der Waals surface area contributed by atoms with Crippen molar-refractivity contribution in [1.29, 1.82) is 0 Å². The predicted octanol–water partition coefficient (Wildman–Crippen LogP) is 2.71. The average molecular weight is 420 g/mol. The van der Waals surface area contributed by atoms with Crippen LogP contribution in [-0.2, 0) is 27.4 Å².